The fourth-order valence-electron chi connectivity index (χ4n) is 2.54. The molecule has 6 heteroatoms. The van der Waals surface area contributed by atoms with E-state index in [-0.39, 0.29) is 11.8 Å². The van der Waals surface area contributed by atoms with Gasteiger partial charge in [-0.1, -0.05) is 28.1 Å². The average Bonchev–Trinajstić information content (AvgIpc) is 3.16. The van der Waals surface area contributed by atoms with Gasteiger partial charge in [0.15, 0.2) is 5.82 Å². The number of carbonyl (C=O) groups excluding carboxylic acids is 1. The number of rotatable bonds is 5. The Balaban J connectivity index is 1.55. The number of aryl methyl sites for hydroxylation is 1. The van der Waals surface area contributed by atoms with E-state index in [1.54, 1.807) is 6.33 Å². The van der Waals surface area contributed by atoms with Crippen molar-refractivity contribution in [3.63, 3.8) is 0 Å². The van der Waals surface area contributed by atoms with Crippen LogP contribution in [0.3, 0.4) is 0 Å². The summed E-state index contributed by atoms with van der Waals surface area (Å²) in [5, 5.41) is 10.8. The number of hydrogen-bond donors (Lipinski definition) is 1. The molecular weight excluding hydrogens is 332 g/mol. The molecule has 1 aliphatic rings. The van der Waals surface area contributed by atoms with Crippen LogP contribution in [0.5, 0.6) is 0 Å². The first-order valence-corrected chi connectivity index (χ1v) is 7.88. The van der Waals surface area contributed by atoms with Crippen molar-refractivity contribution in [2.75, 3.05) is 0 Å². The Hall–Kier alpha value is -1.69. The summed E-state index contributed by atoms with van der Waals surface area (Å²) in [4.78, 5) is 12.2. The molecule has 0 saturated heterocycles. The highest BCUT2D eigenvalue weighted by Gasteiger charge is 2.43. The van der Waals surface area contributed by atoms with Crippen molar-refractivity contribution in [1.29, 1.82) is 0 Å². The minimum Gasteiger partial charge on any atom is -0.349 e. The van der Waals surface area contributed by atoms with Crippen molar-refractivity contribution in [3.05, 3.63) is 46.5 Å². The lowest BCUT2D eigenvalue weighted by Crippen LogP contribution is -2.26. The van der Waals surface area contributed by atoms with Crippen LogP contribution >= 0.6 is 15.9 Å². The summed E-state index contributed by atoms with van der Waals surface area (Å²) in [6, 6.07) is 8.20. The lowest BCUT2D eigenvalue weighted by Gasteiger charge is -2.06. The first-order valence-electron chi connectivity index (χ1n) is 7.09. The molecule has 1 fully saturated rings. The average molecular weight is 349 g/mol. The Bertz CT molecular complexity index is 637. The summed E-state index contributed by atoms with van der Waals surface area (Å²) >= 11 is 3.43. The van der Waals surface area contributed by atoms with E-state index in [0.717, 1.165) is 23.3 Å². The summed E-state index contributed by atoms with van der Waals surface area (Å²) < 4.78 is 2.99. The number of nitrogens with zero attached hydrogens (tertiary/aromatic N) is 3. The SMILES string of the molecule is CCn1cnnc1CNC(=O)[C@H]1C[C@@H]1c1ccc(Br)cc1. The highest BCUT2D eigenvalue weighted by Crippen LogP contribution is 2.47. The Labute approximate surface area is 131 Å². The summed E-state index contributed by atoms with van der Waals surface area (Å²) in [5.74, 6) is 1.34. The van der Waals surface area contributed by atoms with E-state index in [2.05, 4.69) is 43.6 Å². The molecule has 110 valence electrons. The van der Waals surface area contributed by atoms with Crippen LogP contribution in [0, 0.1) is 5.92 Å². The summed E-state index contributed by atoms with van der Waals surface area (Å²) in [7, 11) is 0. The van der Waals surface area contributed by atoms with E-state index in [1.807, 2.05) is 23.6 Å². The molecule has 2 aromatic rings. The number of hydrogen-bond acceptors (Lipinski definition) is 3. The highest BCUT2D eigenvalue weighted by atomic mass is 79.9. The van der Waals surface area contributed by atoms with Crippen molar-refractivity contribution in [2.45, 2.75) is 32.4 Å². The molecule has 1 N–H and O–H groups in total. The van der Waals surface area contributed by atoms with Gasteiger partial charge in [-0.05, 0) is 37.0 Å². The molecule has 0 bridgehead atoms. The second kappa shape index (κ2) is 5.97. The standard InChI is InChI=1S/C15H17BrN4O/c1-2-20-9-18-19-14(20)8-17-15(21)13-7-12(13)10-3-5-11(16)6-4-10/h3-6,9,12-13H,2,7-8H2,1H3,(H,17,21)/t12-,13+/m1/s1. The second-order valence-electron chi connectivity index (χ2n) is 5.25. The van der Waals surface area contributed by atoms with Gasteiger partial charge in [-0.3, -0.25) is 4.79 Å². The van der Waals surface area contributed by atoms with Gasteiger partial charge in [0.1, 0.15) is 6.33 Å². The predicted molar refractivity (Wildman–Crippen MR) is 82.5 cm³/mol. The van der Waals surface area contributed by atoms with Crippen LogP contribution in [-0.4, -0.2) is 20.7 Å². The molecule has 21 heavy (non-hydrogen) atoms. The maximum absolute atomic E-state index is 12.2. The Kier molecular flexibility index (Phi) is 4.05. The minimum absolute atomic E-state index is 0.0872. The van der Waals surface area contributed by atoms with Gasteiger partial charge in [0, 0.05) is 16.9 Å². The molecule has 0 aliphatic heterocycles. The molecule has 3 rings (SSSR count). The third-order valence-corrected chi connectivity index (χ3v) is 4.41. The molecule has 5 nitrogen and oxygen atoms in total. The molecule has 1 aliphatic carbocycles. The first kappa shape index (κ1) is 14.3. The topological polar surface area (TPSA) is 59.8 Å². The van der Waals surface area contributed by atoms with Crippen molar-refractivity contribution in [1.82, 2.24) is 20.1 Å². The van der Waals surface area contributed by atoms with Crippen LogP contribution in [0.1, 0.15) is 30.7 Å². The van der Waals surface area contributed by atoms with E-state index < -0.39 is 0 Å². The summed E-state index contributed by atoms with van der Waals surface area (Å²) in [6.07, 6.45) is 2.61. The number of carbonyl (C=O) groups is 1. The van der Waals surface area contributed by atoms with E-state index in [0.29, 0.717) is 12.5 Å². The molecule has 1 aromatic carbocycles. The van der Waals surface area contributed by atoms with Gasteiger partial charge in [0.05, 0.1) is 6.54 Å². The third kappa shape index (κ3) is 3.15. The van der Waals surface area contributed by atoms with Crippen LogP contribution in [-0.2, 0) is 17.9 Å². The number of nitrogens with one attached hydrogen (secondary N) is 1. The van der Waals surface area contributed by atoms with Crippen LogP contribution < -0.4 is 5.32 Å². The maximum Gasteiger partial charge on any atom is 0.224 e. The number of aromatic nitrogens is 3. The second-order valence-corrected chi connectivity index (χ2v) is 6.17. The van der Waals surface area contributed by atoms with Gasteiger partial charge in [-0.2, -0.15) is 0 Å². The zero-order chi connectivity index (χ0) is 14.8. The molecule has 0 radical (unpaired) electrons. The van der Waals surface area contributed by atoms with Gasteiger partial charge in [-0.15, -0.1) is 10.2 Å². The monoisotopic (exact) mass is 348 g/mol. The van der Waals surface area contributed by atoms with Gasteiger partial charge in [0.25, 0.3) is 0 Å². The largest absolute Gasteiger partial charge is 0.349 e. The molecule has 1 aromatic heterocycles. The van der Waals surface area contributed by atoms with E-state index >= 15 is 0 Å². The lowest BCUT2D eigenvalue weighted by molar-refractivity contribution is -0.122. The normalized spacial score (nSPS) is 20.3. The number of amides is 1. The number of halogens is 1. The molecule has 1 saturated carbocycles. The Morgan fingerprint density at radius 1 is 1.43 bits per heavy atom. The molecule has 0 unspecified atom stereocenters. The Morgan fingerprint density at radius 3 is 2.90 bits per heavy atom. The van der Waals surface area contributed by atoms with Crippen molar-refractivity contribution in [2.24, 2.45) is 5.92 Å². The molecular formula is C15H17BrN4O. The fraction of sp³-hybridized carbons (Fsp3) is 0.400. The zero-order valence-corrected chi connectivity index (χ0v) is 13.4. The van der Waals surface area contributed by atoms with Gasteiger partial charge < -0.3 is 9.88 Å². The quantitative estimate of drug-likeness (QED) is 0.902. The zero-order valence-electron chi connectivity index (χ0n) is 11.8. The predicted octanol–water partition coefficient (Wildman–Crippen LogP) is 2.48. The summed E-state index contributed by atoms with van der Waals surface area (Å²) in [5.41, 5.74) is 1.23. The fourth-order valence-corrected chi connectivity index (χ4v) is 2.80. The summed E-state index contributed by atoms with van der Waals surface area (Å²) in [6.45, 7) is 3.28. The van der Waals surface area contributed by atoms with E-state index in [4.69, 9.17) is 0 Å². The lowest BCUT2D eigenvalue weighted by atomic mass is 10.1. The van der Waals surface area contributed by atoms with E-state index in [1.165, 1.54) is 5.56 Å². The highest BCUT2D eigenvalue weighted by molar-refractivity contribution is 9.10. The Morgan fingerprint density at radius 2 is 2.19 bits per heavy atom. The minimum atomic E-state index is 0.0872. The van der Waals surface area contributed by atoms with Crippen LogP contribution in [0.15, 0.2) is 35.1 Å². The van der Waals surface area contributed by atoms with E-state index in [9.17, 15) is 4.79 Å². The van der Waals surface area contributed by atoms with Crippen molar-refractivity contribution in [3.8, 4) is 0 Å². The van der Waals surface area contributed by atoms with Gasteiger partial charge in [-0.25, -0.2) is 0 Å². The smallest absolute Gasteiger partial charge is 0.224 e. The van der Waals surface area contributed by atoms with Crippen LogP contribution in [0.2, 0.25) is 0 Å². The maximum atomic E-state index is 12.2. The van der Waals surface area contributed by atoms with Crippen LogP contribution in [0.25, 0.3) is 0 Å². The molecule has 0 spiro atoms. The molecule has 2 atom stereocenters. The number of benzene rings is 1. The third-order valence-electron chi connectivity index (χ3n) is 3.88. The van der Waals surface area contributed by atoms with Crippen molar-refractivity contribution >= 4 is 21.8 Å². The molecule has 1 heterocycles. The van der Waals surface area contributed by atoms with Crippen molar-refractivity contribution < 1.29 is 4.79 Å². The first-order chi connectivity index (χ1) is 10.2. The van der Waals surface area contributed by atoms with Crippen LogP contribution in [0.4, 0.5) is 0 Å². The van der Waals surface area contributed by atoms with Gasteiger partial charge in [0.2, 0.25) is 5.91 Å². The van der Waals surface area contributed by atoms with Gasteiger partial charge >= 0.3 is 0 Å². The molecule has 1 amide bonds.